The zero-order valence-corrected chi connectivity index (χ0v) is 4.89. The maximum Gasteiger partial charge on any atom is 0.372 e. The van der Waals surface area contributed by atoms with E-state index in [-0.39, 0.29) is 0 Å². The predicted octanol–water partition coefficient (Wildman–Crippen LogP) is 0.603. The molecule has 0 spiro atoms. The van der Waals surface area contributed by atoms with Gasteiger partial charge in [-0.15, -0.1) is 6.42 Å². The van der Waals surface area contributed by atoms with E-state index in [1.165, 1.54) is 13.8 Å². The van der Waals surface area contributed by atoms with Crippen LogP contribution in [0.1, 0.15) is 13.8 Å². The largest absolute Gasteiger partial charge is 0.372 e. The second-order valence-corrected chi connectivity index (χ2v) is 2.06. The minimum atomic E-state index is -1.21. The van der Waals surface area contributed by atoms with Gasteiger partial charge in [0.2, 0.25) is 0 Å². The maximum atomic E-state index is 10.00. The average molecular weight is 111 g/mol. The average Bonchev–Trinajstić information content (AvgIpc) is 1.67. The van der Waals surface area contributed by atoms with Crippen molar-refractivity contribution in [2.45, 2.75) is 13.8 Å². The van der Waals surface area contributed by atoms with Crippen molar-refractivity contribution in [1.82, 2.24) is 0 Å². The van der Waals surface area contributed by atoms with Crippen molar-refractivity contribution in [3.05, 3.63) is 0 Å². The Bertz CT molecular complexity index is 139. The monoisotopic (exact) mass is 111 g/mol. The van der Waals surface area contributed by atoms with Gasteiger partial charge in [-0.05, 0) is 13.8 Å². The van der Waals surface area contributed by atoms with Crippen LogP contribution in [0.5, 0.6) is 0 Å². The summed E-state index contributed by atoms with van der Waals surface area (Å²) in [4.78, 5) is 10.00. The molecule has 0 unspecified atom stereocenters. The van der Waals surface area contributed by atoms with Crippen LogP contribution in [0.25, 0.3) is 0 Å². The van der Waals surface area contributed by atoms with Gasteiger partial charge in [0.15, 0.2) is 0 Å². The fourth-order valence-electron chi connectivity index (χ4n) is 0.0589. The van der Waals surface area contributed by atoms with Crippen LogP contribution in [0.15, 0.2) is 0 Å². The van der Waals surface area contributed by atoms with Crippen LogP contribution in [-0.4, -0.2) is 5.97 Å². The number of terminal acetylenes is 1. The Morgan fingerprint density at radius 2 is 2.00 bits per heavy atom. The van der Waals surface area contributed by atoms with Gasteiger partial charge in [0, 0.05) is 0 Å². The highest BCUT2D eigenvalue weighted by Gasteiger charge is 2.25. The molecule has 0 aliphatic rings. The van der Waals surface area contributed by atoms with Crippen molar-refractivity contribution in [1.29, 1.82) is 0 Å². The molecule has 2 heteroatoms. The summed E-state index contributed by atoms with van der Waals surface area (Å²) in [6, 6.07) is 0. The number of rotatable bonds is 1. The van der Waals surface area contributed by atoms with Crippen LogP contribution in [0.4, 0.5) is 0 Å². The Morgan fingerprint density at radius 3 is 2.00 bits per heavy atom. The summed E-state index contributed by atoms with van der Waals surface area (Å²) >= 11 is 0. The molecule has 8 heavy (non-hydrogen) atoms. The minimum Gasteiger partial charge on any atom is -0.246 e. The summed E-state index contributed by atoms with van der Waals surface area (Å²) in [5.41, 5.74) is -1.12. The van der Waals surface area contributed by atoms with E-state index in [2.05, 4.69) is 5.92 Å². The highest BCUT2D eigenvalue weighted by atomic mass is 16.4. The molecule has 0 bridgehead atoms. The molecule has 2 nitrogen and oxygen atoms in total. The van der Waals surface area contributed by atoms with E-state index in [1.54, 1.807) is 0 Å². The number of hydrogen-bond donors (Lipinski definition) is 0. The van der Waals surface area contributed by atoms with Crippen LogP contribution in [-0.2, 0) is 9.90 Å². The Morgan fingerprint density at radius 1 is 1.62 bits per heavy atom. The molecule has 0 saturated heterocycles. The minimum absolute atomic E-state index is 1.12. The maximum absolute atomic E-state index is 10.00. The summed E-state index contributed by atoms with van der Waals surface area (Å²) in [5.74, 6) is 0.870. The molecule has 0 amide bonds. The van der Waals surface area contributed by atoms with Gasteiger partial charge in [0.05, 0.1) is 0 Å². The van der Waals surface area contributed by atoms with Gasteiger partial charge in [-0.2, -0.15) is 0 Å². The summed E-state index contributed by atoms with van der Waals surface area (Å²) in [7, 11) is 0. The third-order valence-corrected chi connectivity index (χ3v) is 0.871. The van der Waals surface area contributed by atoms with Crippen LogP contribution in [0.3, 0.4) is 0 Å². The van der Waals surface area contributed by atoms with E-state index >= 15 is 0 Å². The molecule has 1 radical (unpaired) electrons. The van der Waals surface area contributed by atoms with E-state index in [1.807, 2.05) is 0 Å². The zero-order chi connectivity index (χ0) is 6.78. The quantitative estimate of drug-likeness (QED) is 0.456. The molecule has 0 aliphatic carbocycles. The van der Waals surface area contributed by atoms with E-state index in [0.717, 1.165) is 0 Å². The van der Waals surface area contributed by atoms with Crippen molar-refractivity contribution in [2.75, 3.05) is 0 Å². The summed E-state index contributed by atoms with van der Waals surface area (Å²) in [6.07, 6.45) is 4.84. The lowest BCUT2D eigenvalue weighted by atomic mass is 9.96. The molecular weight excluding hydrogens is 104 g/mol. The van der Waals surface area contributed by atoms with Gasteiger partial charge >= 0.3 is 5.97 Å². The normalized spacial score (nSPS) is 10.1. The molecule has 0 heterocycles. The van der Waals surface area contributed by atoms with Gasteiger partial charge < -0.3 is 0 Å². The highest BCUT2D eigenvalue weighted by molar-refractivity contribution is 5.76. The van der Waals surface area contributed by atoms with E-state index in [0.29, 0.717) is 0 Å². The first kappa shape index (κ1) is 7.03. The number of carbonyl (C=O) groups excluding carboxylic acids is 1. The summed E-state index contributed by atoms with van der Waals surface area (Å²) in [6.45, 7) is 2.84. The molecule has 43 valence electrons. The molecule has 0 aromatic rings. The van der Waals surface area contributed by atoms with Crippen LogP contribution in [0, 0.1) is 17.8 Å². The van der Waals surface area contributed by atoms with E-state index in [9.17, 15) is 9.90 Å². The zero-order valence-electron chi connectivity index (χ0n) is 4.89. The first-order valence-electron chi connectivity index (χ1n) is 2.20. The van der Waals surface area contributed by atoms with Crippen molar-refractivity contribution in [3.8, 4) is 12.3 Å². The fourth-order valence-corrected chi connectivity index (χ4v) is 0.0589. The van der Waals surface area contributed by atoms with Gasteiger partial charge in [-0.25, -0.2) is 9.90 Å². The summed E-state index contributed by atoms with van der Waals surface area (Å²) in [5, 5.41) is 10.00. The lowest BCUT2D eigenvalue weighted by Gasteiger charge is -2.05. The van der Waals surface area contributed by atoms with Gasteiger partial charge in [-0.3, -0.25) is 0 Å². The Balaban J connectivity index is 4.19. The predicted molar refractivity (Wildman–Crippen MR) is 28.3 cm³/mol. The smallest absolute Gasteiger partial charge is 0.246 e. The van der Waals surface area contributed by atoms with Gasteiger partial charge in [0.25, 0.3) is 0 Å². The standard InChI is InChI=1S/C6H7O2/c1-4-6(2,3)5(7)8/h1H,2-3H3. The Kier molecular flexibility index (Phi) is 1.64. The Hall–Kier alpha value is -0.970. The van der Waals surface area contributed by atoms with Crippen molar-refractivity contribution in [2.24, 2.45) is 5.41 Å². The van der Waals surface area contributed by atoms with Crippen molar-refractivity contribution >= 4 is 5.97 Å². The fraction of sp³-hybridized carbons (Fsp3) is 0.500. The SMILES string of the molecule is C#CC(C)(C)C([O])=O. The number of hydrogen-bond acceptors (Lipinski definition) is 1. The molecule has 0 rings (SSSR count). The molecule has 0 atom stereocenters. The topological polar surface area (TPSA) is 37.0 Å². The summed E-state index contributed by atoms with van der Waals surface area (Å²) < 4.78 is 0. The van der Waals surface area contributed by atoms with Gasteiger partial charge in [-0.1, -0.05) is 5.92 Å². The van der Waals surface area contributed by atoms with Crippen LogP contribution in [0.2, 0.25) is 0 Å². The van der Waals surface area contributed by atoms with Gasteiger partial charge in [0.1, 0.15) is 5.41 Å². The van der Waals surface area contributed by atoms with E-state index in [4.69, 9.17) is 6.42 Å². The first-order chi connectivity index (χ1) is 3.50. The lowest BCUT2D eigenvalue weighted by Crippen LogP contribution is -2.19. The second kappa shape index (κ2) is 1.87. The van der Waals surface area contributed by atoms with Crippen LogP contribution >= 0.6 is 0 Å². The first-order valence-corrected chi connectivity index (χ1v) is 2.20. The highest BCUT2D eigenvalue weighted by Crippen LogP contribution is 2.11. The lowest BCUT2D eigenvalue weighted by molar-refractivity contribution is -0.150. The molecule has 0 N–H and O–H groups in total. The molecule has 0 aliphatic heterocycles. The van der Waals surface area contributed by atoms with E-state index < -0.39 is 11.4 Å². The molecule has 0 aromatic heterocycles. The third-order valence-electron chi connectivity index (χ3n) is 0.871. The van der Waals surface area contributed by atoms with Crippen molar-refractivity contribution < 1.29 is 9.90 Å². The molecule has 0 fully saturated rings. The second-order valence-electron chi connectivity index (χ2n) is 2.06. The molecular formula is C6H7O2. The molecule has 0 aromatic carbocycles. The van der Waals surface area contributed by atoms with Crippen LogP contribution < -0.4 is 0 Å². The molecule has 0 saturated carbocycles. The van der Waals surface area contributed by atoms with Crippen molar-refractivity contribution in [3.63, 3.8) is 0 Å². The third kappa shape index (κ3) is 1.27. The Labute approximate surface area is 48.5 Å². The number of carbonyl (C=O) groups is 1.